The smallest absolute Gasteiger partial charge is 0.0739 e. The summed E-state index contributed by atoms with van der Waals surface area (Å²) in [6.07, 6.45) is 7.07. The van der Waals surface area contributed by atoms with Gasteiger partial charge in [0.25, 0.3) is 0 Å². The summed E-state index contributed by atoms with van der Waals surface area (Å²) in [5.41, 5.74) is 15.0. The first-order valence-electron chi connectivity index (χ1n) is 10.3. The number of benzene rings is 2. The molecule has 5 N–H and O–H groups in total. The van der Waals surface area contributed by atoms with E-state index in [0.717, 1.165) is 30.5 Å². The highest BCUT2D eigenvalue weighted by Crippen LogP contribution is 2.36. The summed E-state index contributed by atoms with van der Waals surface area (Å²) in [4.78, 5) is 21.0. The van der Waals surface area contributed by atoms with Crippen LogP contribution in [-0.2, 0) is 0 Å². The Morgan fingerprint density at radius 2 is 1.27 bits per heavy atom. The number of unbranched alkanes of at least 4 members (excludes halogenated alkanes) is 4. The van der Waals surface area contributed by atoms with Crippen LogP contribution in [0.25, 0.3) is 0 Å². The van der Waals surface area contributed by atoms with Crippen LogP contribution in [0.5, 0.6) is 0 Å². The van der Waals surface area contributed by atoms with E-state index in [0.29, 0.717) is 11.4 Å². The fraction of sp³-hybridized carbons (Fsp3) is 0.455. The van der Waals surface area contributed by atoms with Crippen molar-refractivity contribution in [3.05, 3.63) is 68.5 Å². The Balaban J connectivity index is 0.00000450. The van der Waals surface area contributed by atoms with E-state index >= 15 is 0 Å². The molecule has 30 heavy (non-hydrogen) atoms. The molecule has 2 aromatic carbocycles. The number of nitrogens with zero attached hydrogens (tertiary/aromatic N) is 2. The van der Waals surface area contributed by atoms with E-state index in [2.05, 4.69) is 53.1 Å². The summed E-state index contributed by atoms with van der Waals surface area (Å²) in [6.45, 7) is 5.13. The average Bonchev–Trinajstić information content (AvgIpc) is 2.70. The zero-order valence-corrected chi connectivity index (χ0v) is 19.4. The second-order valence-electron chi connectivity index (χ2n) is 7.51. The Morgan fingerprint density at radius 3 is 1.70 bits per heavy atom. The van der Waals surface area contributed by atoms with E-state index < -0.39 is 0 Å². The van der Waals surface area contributed by atoms with Gasteiger partial charge in [0, 0.05) is 5.92 Å². The maximum atomic E-state index is 10.5. The minimum Gasteiger partial charge on any atom is -1.00 e. The molecule has 0 fully saturated rings. The molecule has 0 aliphatic rings. The van der Waals surface area contributed by atoms with Gasteiger partial charge < -0.3 is 22.7 Å². The largest absolute Gasteiger partial charge is 1.00 e. The van der Waals surface area contributed by atoms with Crippen LogP contribution in [0.2, 0.25) is 0 Å². The number of anilines is 2. The molecule has 2 aromatic rings. The van der Waals surface area contributed by atoms with Gasteiger partial charge in [0.1, 0.15) is 0 Å². The van der Waals surface area contributed by atoms with E-state index in [9.17, 15) is 9.81 Å². The molecule has 7 nitrogen and oxygen atoms in total. The van der Waals surface area contributed by atoms with E-state index in [4.69, 9.17) is 0 Å². The second-order valence-corrected chi connectivity index (χ2v) is 7.51. The molecule has 0 amide bonds. The number of quaternary nitrogens is 1. The Bertz CT molecular complexity index is 757. The lowest BCUT2D eigenvalue weighted by molar-refractivity contribution is -0.368. The zero-order chi connectivity index (χ0) is 21.1. The first-order valence-corrected chi connectivity index (χ1v) is 10.3. The molecule has 0 saturated carbocycles. The fourth-order valence-corrected chi connectivity index (χ4v) is 3.91. The fourth-order valence-electron chi connectivity index (χ4n) is 3.91. The van der Waals surface area contributed by atoms with Gasteiger partial charge in [0.2, 0.25) is 0 Å². The van der Waals surface area contributed by atoms with Gasteiger partial charge in [-0.1, -0.05) is 31.4 Å². The standard InChI is InChI=1S/C22H31N5O2.BrH/c1-16-14-18(24-26-28)9-11-20(16)22(8-6-4-3-5-7-13-23)21-12-10-19(25-27-29)15-17(21)2;/h9-12,14-15,22H,3-8,13,23H2,1-2H3,(H,24,28)(H,25,29);1H. The number of aryl methyl sites for hydroxylation is 2. The topological polar surface area (TPSA) is 111 Å². The van der Waals surface area contributed by atoms with Gasteiger partial charge in [-0.25, -0.2) is 10.9 Å². The minimum absolute atomic E-state index is 0. The predicted molar refractivity (Wildman–Crippen MR) is 118 cm³/mol. The van der Waals surface area contributed by atoms with Crippen LogP contribution in [0, 0.1) is 23.7 Å². The summed E-state index contributed by atoms with van der Waals surface area (Å²) in [5.74, 6) is 0.249. The lowest BCUT2D eigenvalue weighted by atomic mass is 9.82. The van der Waals surface area contributed by atoms with Crippen molar-refractivity contribution in [1.82, 2.24) is 0 Å². The molecule has 0 atom stereocenters. The maximum Gasteiger partial charge on any atom is 0.0739 e. The molecule has 0 heterocycles. The minimum atomic E-state index is 0. The van der Waals surface area contributed by atoms with Crippen molar-refractivity contribution in [1.29, 1.82) is 0 Å². The molecule has 164 valence electrons. The van der Waals surface area contributed by atoms with Gasteiger partial charge in [-0.15, -0.1) is 9.81 Å². The molecule has 0 unspecified atom stereocenters. The van der Waals surface area contributed by atoms with Crippen molar-refractivity contribution in [3.63, 3.8) is 0 Å². The highest BCUT2D eigenvalue weighted by atomic mass is 79.9. The van der Waals surface area contributed by atoms with Gasteiger partial charge in [-0.3, -0.25) is 0 Å². The first-order chi connectivity index (χ1) is 14.1. The van der Waals surface area contributed by atoms with Gasteiger partial charge in [-0.2, -0.15) is 0 Å². The van der Waals surface area contributed by atoms with Crippen molar-refractivity contribution in [2.75, 3.05) is 17.4 Å². The Morgan fingerprint density at radius 1 is 0.800 bits per heavy atom. The lowest BCUT2D eigenvalue weighted by Gasteiger charge is -2.23. The van der Waals surface area contributed by atoms with Crippen LogP contribution in [0.3, 0.4) is 0 Å². The molecule has 2 rings (SSSR count). The molecule has 0 saturated heterocycles. The molecular formula is C22H32BrN5O2. The SMILES string of the molecule is Cc1cc(NN=O)ccc1C(CCCCCCC[NH3+])c1ccc(NN=O)cc1C.[Br-]. The second kappa shape index (κ2) is 13.8. The number of hydrogen-bond donors (Lipinski definition) is 3. The highest BCUT2D eigenvalue weighted by molar-refractivity contribution is 5.53. The van der Waals surface area contributed by atoms with Crippen molar-refractivity contribution in [3.8, 4) is 0 Å². The van der Waals surface area contributed by atoms with Crippen molar-refractivity contribution in [2.24, 2.45) is 10.6 Å². The molecule has 0 bridgehead atoms. The summed E-state index contributed by atoms with van der Waals surface area (Å²) in [7, 11) is 0. The third kappa shape index (κ3) is 7.50. The van der Waals surface area contributed by atoms with Crippen LogP contribution in [-0.4, -0.2) is 6.54 Å². The quantitative estimate of drug-likeness (QED) is 0.233. The van der Waals surface area contributed by atoms with E-state index in [1.165, 1.54) is 36.8 Å². The van der Waals surface area contributed by atoms with Crippen LogP contribution in [0.1, 0.15) is 66.7 Å². The third-order valence-electron chi connectivity index (χ3n) is 5.38. The predicted octanol–water partition coefficient (Wildman–Crippen LogP) is 2.21. The zero-order valence-electron chi connectivity index (χ0n) is 17.8. The third-order valence-corrected chi connectivity index (χ3v) is 5.38. The molecule has 0 aliphatic heterocycles. The number of nitrogens with one attached hydrogen (secondary N) is 2. The first kappa shape index (κ1) is 25.7. The summed E-state index contributed by atoms with van der Waals surface area (Å²) >= 11 is 0. The summed E-state index contributed by atoms with van der Waals surface area (Å²) < 4.78 is 0. The Kier molecular flexibility index (Phi) is 11.8. The van der Waals surface area contributed by atoms with Crippen molar-refractivity contribution < 1.29 is 22.7 Å². The average molecular weight is 478 g/mol. The number of nitroso groups, excluding NO2 is 2. The summed E-state index contributed by atoms with van der Waals surface area (Å²) in [6, 6.07) is 11.9. The molecule has 0 aliphatic carbocycles. The van der Waals surface area contributed by atoms with Gasteiger partial charge in [0.05, 0.1) is 28.5 Å². The monoisotopic (exact) mass is 477 g/mol. The number of rotatable bonds is 13. The van der Waals surface area contributed by atoms with Crippen LogP contribution in [0.4, 0.5) is 11.4 Å². The van der Waals surface area contributed by atoms with E-state index in [1.807, 2.05) is 24.3 Å². The molecule has 8 heteroatoms. The van der Waals surface area contributed by atoms with Crippen LogP contribution < -0.4 is 33.6 Å². The van der Waals surface area contributed by atoms with Crippen LogP contribution >= 0.6 is 0 Å². The lowest BCUT2D eigenvalue weighted by Crippen LogP contribution is -3.00. The van der Waals surface area contributed by atoms with Crippen molar-refractivity contribution >= 4 is 11.4 Å². The molecule has 0 aromatic heterocycles. The normalized spacial score (nSPS) is 10.4. The molecular weight excluding hydrogens is 446 g/mol. The maximum absolute atomic E-state index is 10.5. The Hall–Kier alpha value is -2.32. The van der Waals surface area contributed by atoms with Crippen LogP contribution in [0.15, 0.2) is 47.0 Å². The molecule has 0 spiro atoms. The number of hydrogen-bond acceptors (Lipinski definition) is 4. The van der Waals surface area contributed by atoms with E-state index in [1.54, 1.807) is 0 Å². The summed E-state index contributed by atoms with van der Waals surface area (Å²) in [5, 5.41) is 5.52. The highest BCUT2D eigenvalue weighted by Gasteiger charge is 2.19. The van der Waals surface area contributed by atoms with Gasteiger partial charge in [-0.05, 0) is 79.6 Å². The van der Waals surface area contributed by atoms with Gasteiger partial charge >= 0.3 is 0 Å². The van der Waals surface area contributed by atoms with E-state index in [-0.39, 0.29) is 22.9 Å². The van der Waals surface area contributed by atoms with Crippen molar-refractivity contribution in [2.45, 2.75) is 58.3 Å². The molecule has 0 radical (unpaired) electrons. The van der Waals surface area contributed by atoms with Gasteiger partial charge in [0.15, 0.2) is 0 Å². The Labute approximate surface area is 188 Å². The number of halogens is 1.